The Bertz CT molecular complexity index is 280. The molecular weight excluding hydrogens is 198 g/mol. The van der Waals surface area contributed by atoms with Crippen LogP contribution in [0.25, 0.3) is 0 Å². The van der Waals surface area contributed by atoms with Crippen LogP contribution in [0.15, 0.2) is 12.7 Å². The van der Waals surface area contributed by atoms with Crippen LogP contribution >= 0.6 is 0 Å². The molecule has 0 aromatic rings. The van der Waals surface area contributed by atoms with Crippen molar-refractivity contribution in [2.24, 2.45) is 0 Å². The molecule has 0 radical (unpaired) electrons. The van der Waals surface area contributed by atoms with Crippen molar-refractivity contribution in [1.82, 2.24) is 5.32 Å². The van der Waals surface area contributed by atoms with Crippen LogP contribution in [0.5, 0.6) is 0 Å². The van der Waals surface area contributed by atoms with Crippen molar-refractivity contribution in [3.8, 4) is 12.3 Å². The predicted molar refractivity (Wildman–Crippen MR) is 54.2 cm³/mol. The Morgan fingerprint density at radius 2 is 2.33 bits per heavy atom. The molecule has 15 heavy (non-hydrogen) atoms. The van der Waals surface area contributed by atoms with Gasteiger partial charge in [0.25, 0.3) is 0 Å². The molecule has 0 heterocycles. The van der Waals surface area contributed by atoms with Gasteiger partial charge in [-0.05, 0) is 6.42 Å². The van der Waals surface area contributed by atoms with Gasteiger partial charge in [-0.1, -0.05) is 12.7 Å². The molecule has 0 rings (SSSR count). The second kappa shape index (κ2) is 7.44. The quantitative estimate of drug-likeness (QED) is 0.502. The van der Waals surface area contributed by atoms with E-state index in [0.717, 1.165) is 0 Å². The van der Waals surface area contributed by atoms with Crippen LogP contribution in [0.3, 0.4) is 0 Å². The van der Waals surface area contributed by atoms with E-state index in [2.05, 4.69) is 22.6 Å². The minimum absolute atomic E-state index is 0.0350. The highest BCUT2D eigenvalue weighted by Gasteiger charge is 2.19. The molecule has 0 aromatic carbocycles. The van der Waals surface area contributed by atoms with Gasteiger partial charge in [-0.3, -0.25) is 0 Å². The fourth-order valence-electron chi connectivity index (χ4n) is 0.804. The maximum Gasteiger partial charge on any atom is 0.408 e. The van der Waals surface area contributed by atoms with E-state index in [0.29, 0.717) is 0 Å². The largest absolute Gasteiger partial charge is 0.480 e. The highest BCUT2D eigenvalue weighted by atomic mass is 16.5. The molecule has 0 saturated heterocycles. The molecule has 0 bridgehead atoms. The van der Waals surface area contributed by atoms with E-state index in [1.54, 1.807) is 0 Å². The van der Waals surface area contributed by atoms with Gasteiger partial charge in [-0.15, -0.1) is 12.3 Å². The topological polar surface area (TPSA) is 75.6 Å². The Morgan fingerprint density at radius 1 is 1.67 bits per heavy atom. The summed E-state index contributed by atoms with van der Waals surface area (Å²) in [4.78, 5) is 21.6. The van der Waals surface area contributed by atoms with Gasteiger partial charge in [0, 0.05) is 6.42 Å². The Labute approximate surface area is 88.1 Å². The van der Waals surface area contributed by atoms with E-state index in [1.807, 2.05) is 0 Å². The van der Waals surface area contributed by atoms with Gasteiger partial charge < -0.3 is 15.2 Å². The first-order valence-electron chi connectivity index (χ1n) is 4.32. The predicted octanol–water partition coefficient (Wildman–Crippen LogP) is 0.765. The summed E-state index contributed by atoms with van der Waals surface area (Å²) in [6.45, 7) is 3.38. The van der Waals surface area contributed by atoms with Crippen molar-refractivity contribution in [2.75, 3.05) is 6.61 Å². The Hall–Kier alpha value is -1.96. The molecule has 1 atom stereocenters. The van der Waals surface area contributed by atoms with Crippen LogP contribution in [0, 0.1) is 12.3 Å². The molecule has 5 heteroatoms. The number of carbonyl (C=O) groups excluding carboxylic acids is 1. The molecule has 82 valence electrons. The van der Waals surface area contributed by atoms with Crippen molar-refractivity contribution in [2.45, 2.75) is 18.9 Å². The third-order valence-electron chi connectivity index (χ3n) is 1.50. The van der Waals surface area contributed by atoms with Gasteiger partial charge in [0.1, 0.15) is 12.6 Å². The average Bonchev–Trinajstić information content (AvgIpc) is 2.20. The standard InChI is InChI=1S/C10H13NO4/c1-3-5-6-8(9(12)13)11-10(14)15-7-4-2/h1,4,8H,2,5-7H2,(H,11,14)(H,12,13)/t8-/m1/s1. The van der Waals surface area contributed by atoms with Gasteiger partial charge in [-0.2, -0.15) is 0 Å². The second-order valence-electron chi connectivity index (χ2n) is 2.67. The number of carboxylic acid groups (broad SMARTS) is 1. The Morgan fingerprint density at radius 3 is 2.80 bits per heavy atom. The van der Waals surface area contributed by atoms with Crippen molar-refractivity contribution >= 4 is 12.1 Å². The van der Waals surface area contributed by atoms with Crippen molar-refractivity contribution in [3.05, 3.63) is 12.7 Å². The van der Waals surface area contributed by atoms with Gasteiger partial charge in [0.15, 0.2) is 0 Å². The summed E-state index contributed by atoms with van der Waals surface area (Å²) in [5.74, 6) is 1.16. The minimum atomic E-state index is -1.14. The lowest BCUT2D eigenvalue weighted by atomic mass is 10.1. The number of aliphatic carboxylic acids is 1. The average molecular weight is 211 g/mol. The number of hydrogen-bond acceptors (Lipinski definition) is 3. The Balaban J connectivity index is 4.05. The SMILES string of the molecule is C#CCC[C@@H](NC(=O)OCC=C)C(=O)O. The van der Waals surface area contributed by atoms with Gasteiger partial charge >= 0.3 is 12.1 Å². The van der Waals surface area contributed by atoms with Crippen LogP contribution in [0.1, 0.15) is 12.8 Å². The third kappa shape index (κ3) is 6.16. The minimum Gasteiger partial charge on any atom is -0.480 e. The molecule has 0 aliphatic heterocycles. The van der Waals surface area contributed by atoms with Crippen LogP contribution in [0.2, 0.25) is 0 Å². The van der Waals surface area contributed by atoms with Crippen LogP contribution < -0.4 is 5.32 Å². The second-order valence-corrected chi connectivity index (χ2v) is 2.67. The van der Waals surface area contributed by atoms with Crippen molar-refractivity contribution in [1.29, 1.82) is 0 Å². The molecule has 2 N–H and O–H groups in total. The smallest absolute Gasteiger partial charge is 0.408 e. The lowest BCUT2D eigenvalue weighted by Gasteiger charge is -2.12. The first kappa shape index (κ1) is 13.0. The molecule has 0 aliphatic rings. The molecule has 0 unspecified atom stereocenters. The number of hydrogen-bond donors (Lipinski definition) is 2. The fourth-order valence-corrected chi connectivity index (χ4v) is 0.804. The van der Waals surface area contributed by atoms with Gasteiger partial charge in [0.05, 0.1) is 0 Å². The Kier molecular flexibility index (Phi) is 6.47. The molecular formula is C10H13NO4. The third-order valence-corrected chi connectivity index (χ3v) is 1.50. The van der Waals surface area contributed by atoms with E-state index in [4.69, 9.17) is 11.5 Å². The van der Waals surface area contributed by atoms with Gasteiger partial charge in [0.2, 0.25) is 0 Å². The zero-order valence-electron chi connectivity index (χ0n) is 8.23. The lowest BCUT2D eigenvalue weighted by Crippen LogP contribution is -2.41. The fraction of sp³-hybridized carbons (Fsp3) is 0.400. The van der Waals surface area contributed by atoms with E-state index >= 15 is 0 Å². The molecule has 5 nitrogen and oxygen atoms in total. The van der Waals surface area contributed by atoms with Crippen LogP contribution in [-0.2, 0) is 9.53 Å². The molecule has 0 aromatic heterocycles. The van der Waals surface area contributed by atoms with Crippen LogP contribution in [-0.4, -0.2) is 29.8 Å². The number of amides is 1. The number of terminal acetylenes is 1. The summed E-state index contributed by atoms with van der Waals surface area (Å²) >= 11 is 0. The van der Waals surface area contributed by atoms with E-state index < -0.39 is 18.1 Å². The summed E-state index contributed by atoms with van der Waals surface area (Å²) in [7, 11) is 0. The van der Waals surface area contributed by atoms with E-state index in [-0.39, 0.29) is 19.4 Å². The number of ether oxygens (including phenoxy) is 1. The zero-order valence-corrected chi connectivity index (χ0v) is 8.23. The first-order chi connectivity index (χ1) is 7.11. The summed E-state index contributed by atoms with van der Waals surface area (Å²) in [6.07, 6.45) is 6.03. The number of carboxylic acids is 1. The lowest BCUT2D eigenvalue weighted by molar-refractivity contribution is -0.139. The number of rotatable bonds is 6. The van der Waals surface area contributed by atoms with E-state index in [9.17, 15) is 9.59 Å². The summed E-state index contributed by atoms with van der Waals surface area (Å²) in [5.41, 5.74) is 0. The highest BCUT2D eigenvalue weighted by molar-refractivity contribution is 5.79. The monoisotopic (exact) mass is 211 g/mol. The van der Waals surface area contributed by atoms with Crippen LogP contribution in [0.4, 0.5) is 4.79 Å². The maximum absolute atomic E-state index is 11.0. The molecule has 0 aliphatic carbocycles. The maximum atomic E-state index is 11.0. The number of carbonyl (C=O) groups is 2. The zero-order chi connectivity index (χ0) is 11.7. The van der Waals surface area contributed by atoms with Crippen molar-refractivity contribution < 1.29 is 19.4 Å². The molecule has 0 saturated carbocycles. The highest BCUT2D eigenvalue weighted by Crippen LogP contribution is 1.97. The molecule has 0 fully saturated rings. The summed E-state index contributed by atoms with van der Waals surface area (Å²) in [6, 6.07) is -1.02. The van der Waals surface area contributed by atoms with Gasteiger partial charge in [-0.25, -0.2) is 9.59 Å². The first-order valence-corrected chi connectivity index (χ1v) is 4.32. The molecule has 1 amide bonds. The number of nitrogens with one attached hydrogen (secondary N) is 1. The number of alkyl carbamates (subject to hydrolysis) is 1. The van der Waals surface area contributed by atoms with E-state index in [1.165, 1.54) is 6.08 Å². The summed E-state index contributed by atoms with van der Waals surface area (Å²) in [5, 5.41) is 10.9. The van der Waals surface area contributed by atoms with Crippen molar-refractivity contribution in [3.63, 3.8) is 0 Å². The summed E-state index contributed by atoms with van der Waals surface area (Å²) < 4.78 is 4.57. The molecule has 0 spiro atoms. The normalized spacial score (nSPS) is 10.9.